The second-order valence-electron chi connectivity index (χ2n) is 3.27. The van der Waals surface area contributed by atoms with Crippen LogP contribution in [0.4, 0.5) is 0 Å². The maximum absolute atomic E-state index is 5.38. The lowest BCUT2D eigenvalue weighted by atomic mass is 9.93. The molecule has 0 aromatic carbocycles. The highest BCUT2D eigenvalue weighted by Crippen LogP contribution is 2.20. The van der Waals surface area contributed by atoms with E-state index in [1.165, 1.54) is 3.58 Å². The summed E-state index contributed by atoms with van der Waals surface area (Å²) < 4.78 is 6.65. The van der Waals surface area contributed by atoms with E-state index in [9.17, 15) is 0 Å². The number of methoxy groups -OCH3 is 1. The van der Waals surface area contributed by atoms with Crippen molar-refractivity contribution in [2.45, 2.75) is 26.9 Å². The van der Waals surface area contributed by atoms with Crippen molar-refractivity contribution in [1.82, 2.24) is 0 Å². The molecule has 0 fully saturated rings. The summed E-state index contributed by atoms with van der Waals surface area (Å²) in [6.07, 6.45) is 7.67. The Bertz CT molecular complexity index is 211. The van der Waals surface area contributed by atoms with Crippen LogP contribution < -0.4 is 0 Å². The molecule has 74 valence electrons. The summed E-state index contributed by atoms with van der Waals surface area (Å²) in [5.74, 6) is 3.24. The Hall–Kier alpha value is -0.0100. The van der Waals surface area contributed by atoms with Gasteiger partial charge in [0.1, 0.15) is 0 Å². The molecule has 0 rings (SSSR count). The number of terminal acetylenes is 1. The van der Waals surface area contributed by atoms with Gasteiger partial charge in [-0.25, -0.2) is 0 Å². The Kier molecular flexibility index (Phi) is 6.44. The number of rotatable bonds is 4. The molecule has 0 aromatic rings. The van der Waals surface area contributed by atoms with E-state index in [1.807, 2.05) is 6.92 Å². The standard InChI is InChI=1S/C11H17IO/c1-6-8(2)11(13-5)9(3)7-10(4)12/h1,7-9,11H,2-5H3/b10-7-/t8-,9-,11-/m0/s1. The van der Waals surface area contributed by atoms with E-state index < -0.39 is 0 Å². The highest BCUT2D eigenvalue weighted by molar-refractivity contribution is 14.1. The van der Waals surface area contributed by atoms with Gasteiger partial charge in [0.25, 0.3) is 0 Å². The summed E-state index contributed by atoms with van der Waals surface area (Å²) in [4.78, 5) is 0. The molecular formula is C11H17IO. The van der Waals surface area contributed by atoms with Crippen LogP contribution in [0.1, 0.15) is 20.8 Å². The first kappa shape index (κ1) is 13.0. The number of allylic oxidation sites excluding steroid dienone is 1. The van der Waals surface area contributed by atoms with Gasteiger partial charge in [0.15, 0.2) is 0 Å². The van der Waals surface area contributed by atoms with E-state index in [1.54, 1.807) is 7.11 Å². The Balaban J connectivity index is 4.42. The Labute approximate surface area is 95.1 Å². The first-order chi connectivity index (χ1) is 6.02. The zero-order chi connectivity index (χ0) is 10.4. The molecule has 0 saturated carbocycles. The molecule has 3 atom stereocenters. The van der Waals surface area contributed by atoms with E-state index in [2.05, 4.69) is 48.4 Å². The zero-order valence-electron chi connectivity index (χ0n) is 8.67. The van der Waals surface area contributed by atoms with Crippen molar-refractivity contribution in [2.24, 2.45) is 11.8 Å². The highest BCUT2D eigenvalue weighted by atomic mass is 127. The van der Waals surface area contributed by atoms with Crippen LogP contribution in [0.25, 0.3) is 0 Å². The van der Waals surface area contributed by atoms with Crippen molar-refractivity contribution in [2.75, 3.05) is 7.11 Å². The molecule has 13 heavy (non-hydrogen) atoms. The van der Waals surface area contributed by atoms with Crippen LogP contribution in [0.2, 0.25) is 0 Å². The van der Waals surface area contributed by atoms with Crippen LogP contribution in [0, 0.1) is 24.2 Å². The minimum atomic E-state index is 0.120. The monoisotopic (exact) mass is 292 g/mol. The summed E-state index contributed by atoms with van der Waals surface area (Å²) in [6, 6.07) is 0. The predicted molar refractivity (Wildman–Crippen MR) is 65.7 cm³/mol. The molecule has 0 amide bonds. The second-order valence-corrected chi connectivity index (χ2v) is 4.97. The molecule has 0 saturated heterocycles. The van der Waals surface area contributed by atoms with Gasteiger partial charge in [-0.2, -0.15) is 0 Å². The Morgan fingerprint density at radius 1 is 1.54 bits per heavy atom. The van der Waals surface area contributed by atoms with E-state index in [0.29, 0.717) is 5.92 Å². The lowest BCUT2D eigenvalue weighted by Gasteiger charge is -2.23. The minimum Gasteiger partial charge on any atom is -0.380 e. The van der Waals surface area contributed by atoms with Crippen molar-refractivity contribution in [3.63, 3.8) is 0 Å². The normalized spacial score (nSPS) is 18.9. The summed E-state index contributed by atoms with van der Waals surface area (Å²) >= 11 is 2.30. The molecule has 0 heterocycles. The van der Waals surface area contributed by atoms with Gasteiger partial charge in [-0.05, 0) is 40.0 Å². The first-order valence-electron chi connectivity index (χ1n) is 4.35. The average Bonchev–Trinajstić information content (AvgIpc) is 2.03. The number of hydrogen-bond donors (Lipinski definition) is 0. The molecule has 0 bridgehead atoms. The van der Waals surface area contributed by atoms with E-state index in [-0.39, 0.29) is 12.0 Å². The largest absolute Gasteiger partial charge is 0.380 e. The van der Waals surface area contributed by atoms with Gasteiger partial charge >= 0.3 is 0 Å². The molecule has 0 aliphatic heterocycles. The third-order valence-electron chi connectivity index (χ3n) is 2.04. The fourth-order valence-corrected chi connectivity index (χ4v) is 1.99. The molecule has 0 aliphatic rings. The van der Waals surface area contributed by atoms with E-state index in [4.69, 9.17) is 11.2 Å². The van der Waals surface area contributed by atoms with Gasteiger partial charge in [-0.1, -0.05) is 13.0 Å². The second kappa shape index (κ2) is 6.44. The molecule has 0 N–H and O–H groups in total. The first-order valence-corrected chi connectivity index (χ1v) is 5.43. The van der Waals surface area contributed by atoms with E-state index in [0.717, 1.165) is 0 Å². The third kappa shape index (κ3) is 4.68. The van der Waals surface area contributed by atoms with Crippen LogP contribution in [-0.2, 0) is 4.74 Å². The van der Waals surface area contributed by atoms with Crippen molar-refractivity contribution in [1.29, 1.82) is 0 Å². The average molecular weight is 292 g/mol. The van der Waals surface area contributed by atoms with Crippen molar-refractivity contribution >= 4 is 22.6 Å². The van der Waals surface area contributed by atoms with Gasteiger partial charge < -0.3 is 4.74 Å². The molecule has 0 spiro atoms. The van der Waals surface area contributed by atoms with Crippen molar-refractivity contribution in [3.05, 3.63) is 9.66 Å². The number of ether oxygens (including phenoxy) is 1. The number of hydrogen-bond acceptors (Lipinski definition) is 1. The van der Waals surface area contributed by atoms with E-state index >= 15 is 0 Å². The van der Waals surface area contributed by atoms with Gasteiger partial charge in [-0.15, -0.1) is 12.3 Å². The van der Waals surface area contributed by atoms with Crippen molar-refractivity contribution < 1.29 is 4.74 Å². The van der Waals surface area contributed by atoms with Crippen molar-refractivity contribution in [3.8, 4) is 12.3 Å². The number of halogens is 1. The zero-order valence-corrected chi connectivity index (χ0v) is 10.8. The predicted octanol–water partition coefficient (Wildman–Crippen LogP) is 3.25. The Morgan fingerprint density at radius 2 is 2.08 bits per heavy atom. The molecule has 0 aromatic heterocycles. The summed E-state index contributed by atoms with van der Waals surface area (Å²) in [6.45, 7) is 6.22. The van der Waals surface area contributed by atoms with Gasteiger partial charge in [0.2, 0.25) is 0 Å². The smallest absolute Gasteiger partial charge is 0.0765 e. The molecule has 1 nitrogen and oxygen atoms in total. The third-order valence-corrected chi connectivity index (χ3v) is 2.40. The highest BCUT2D eigenvalue weighted by Gasteiger charge is 2.20. The summed E-state index contributed by atoms with van der Waals surface area (Å²) in [5.41, 5.74) is 0. The minimum absolute atomic E-state index is 0.120. The quantitative estimate of drug-likeness (QED) is 0.571. The van der Waals surface area contributed by atoms with Gasteiger partial charge in [0.05, 0.1) is 6.10 Å². The molecule has 2 heteroatoms. The fourth-order valence-electron chi connectivity index (χ4n) is 1.43. The van der Waals surface area contributed by atoms with Crippen LogP contribution in [-0.4, -0.2) is 13.2 Å². The Morgan fingerprint density at radius 3 is 2.38 bits per heavy atom. The molecule has 0 unspecified atom stereocenters. The van der Waals surface area contributed by atoms with Gasteiger partial charge in [0, 0.05) is 18.9 Å². The van der Waals surface area contributed by atoms with Crippen LogP contribution >= 0.6 is 22.6 Å². The van der Waals surface area contributed by atoms with Gasteiger partial charge in [-0.3, -0.25) is 0 Å². The van der Waals surface area contributed by atoms with Crippen LogP contribution in [0.5, 0.6) is 0 Å². The maximum atomic E-state index is 5.38. The molecule has 0 aliphatic carbocycles. The topological polar surface area (TPSA) is 9.23 Å². The molecular weight excluding hydrogens is 275 g/mol. The summed E-state index contributed by atoms with van der Waals surface area (Å²) in [5, 5.41) is 0. The maximum Gasteiger partial charge on any atom is 0.0765 e. The van der Waals surface area contributed by atoms with Crippen LogP contribution in [0.3, 0.4) is 0 Å². The summed E-state index contributed by atoms with van der Waals surface area (Å²) in [7, 11) is 1.71. The van der Waals surface area contributed by atoms with Crippen LogP contribution in [0.15, 0.2) is 9.66 Å². The fraction of sp³-hybridized carbons (Fsp3) is 0.636. The lowest BCUT2D eigenvalue weighted by molar-refractivity contribution is 0.0495. The SMILES string of the molecule is C#C[C@H](C)[C@H](OC)[C@@H](C)/C=C(/C)I. The lowest BCUT2D eigenvalue weighted by Crippen LogP contribution is -2.26. The molecule has 0 radical (unpaired) electrons.